The molecule has 15 nitrogen and oxygen atoms in total. The number of rotatable bonds is 12. The van der Waals surface area contributed by atoms with Crippen molar-refractivity contribution in [1.29, 1.82) is 0 Å². The van der Waals surface area contributed by atoms with Crippen LogP contribution < -0.4 is 5.32 Å². The van der Waals surface area contributed by atoms with Gasteiger partial charge in [0.2, 0.25) is 23.6 Å². The van der Waals surface area contributed by atoms with E-state index < -0.39 is 35.2 Å². The topological polar surface area (TPSA) is 156 Å². The van der Waals surface area contributed by atoms with Crippen LogP contribution in [0.4, 0.5) is 0 Å². The average Bonchev–Trinajstić information content (AvgIpc) is 4.03. The molecule has 0 radical (unpaired) electrons. The summed E-state index contributed by atoms with van der Waals surface area (Å²) in [5.74, 6) is -2.70. The van der Waals surface area contributed by atoms with Gasteiger partial charge in [-0.15, -0.1) is 0 Å². The van der Waals surface area contributed by atoms with Crippen molar-refractivity contribution in [3.8, 4) is 22.4 Å². The number of esters is 1. The highest BCUT2D eigenvalue weighted by atomic mass is 16.5. The molecule has 0 aliphatic carbocycles. The van der Waals surface area contributed by atoms with Gasteiger partial charge in [0.1, 0.15) is 12.1 Å². The lowest BCUT2D eigenvalue weighted by atomic mass is 9.84. The minimum Gasteiger partial charge on any atom is -0.465 e. The van der Waals surface area contributed by atoms with E-state index >= 15 is 0 Å². The molecule has 15 heteroatoms. The van der Waals surface area contributed by atoms with Crippen LogP contribution in [-0.2, 0) is 57.6 Å². The fourth-order valence-corrected chi connectivity index (χ4v) is 11.3. The Morgan fingerprint density at radius 3 is 2.45 bits per heavy atom. The number of likely N-dealkylation sites (N-methyl/N-ethyl adjacent to an activating group) is 1. The zero-order valence-corrected chi connectivity index (χ0v) is 45.7. The van der Waals surface area contributed by atoms with Crippen molar-refractivity contribution in [2.45, 2.75) is 112 Å². The van der Waals surface area contributed by atoms with E-state index in [1.807, 2.05) is 58.9 Å². The SMILES string of the molecule is CC.CCn1c(-c2cccnc2C(C)OC)c2c3cc(ccc31)-c1cccc(c1)CC(NC(=O)C(C(C)C)N(C)C(=O)C1CCN(C(=O)/C=C/CN3CCOCC3)C1)C(=O)N1CCCC(C1)C(=O)OCC(C)(C)C2. The molecule has 0 spiro atoms. The van der Waals surface area contributed by atoms with Crippen LogP contribution in [0.1, 0.15) is 97.6 Å². The van der Waals surface area contributed by atoms with Crippen molar-refractivity contribution in [2.24, 2.45) is 23.2 Å². The van der Waals surface area contributed by atoms with Crippen molar-refractivity contribution in [1.82, 2.24) is 34.5 Å². The third-order valence-corrected chi connectivity index (χ3v) is 15.2. The summed E-state index contributed by atoms with van der Waals surface area (Å²) in [5, 5.41) is 4.22. The molecule has 3 saturated heterocycles. The van der Waals surface area contributed by atoms with E-state index in [9.17, 15) is 24.0 Å². The molecule has 5 unspecified atom stereocenters. The van der Waals surface area contributed by atoms with Crippen LogP contribution in [0, 0.1) is 23.2 Å². The third-order valence-electron chi connectivity index (χ3n) is 15.2. The average molecular weight is 1020 g/mol. The molecule has 74 heavy (non-hydrogen) atoms. The molecule has 6 heterocycles. The van der Waals surface area contributed by atoms with Crippen molar-refractivity contribution >= 4 is 40.5 Å². The van der Waals surface area contributed by atoms with Crippen LogP contribution >= 0.6 is 0 Å². The quantitative estimate of drug-likeness (QED) is 0.110. The number of amides is 4. The zero-order valence-electron chi connectivity index (χ0n) is 45.7. The number of ether oxygens (including phenoxy) is 3. The fourth-order valence-electron chi connectivity index (χ4n) is 11.3. The Hall–Kier alpha value is -5.90. The number of nitrogens with zero attached hydrogens (tertiary/aromatic N) is 6. The van der Waals surface area contributed by atoms with Crippen LogP contribution in [0.2, 0.25) is 0 Å². The summed E-state index contributed by atoms with van der Waals surface area (Å²) in [7, 11) is 3.34. The molecular formula is C59H81N7O8. The Kier molecular flexibility index (Phi) is 18.9. The van der Waals surface area contributed by atoms with Gasteiger partial charge < -0.3 is 38.8 Å². The molecule has 5 atom stereocenters. The number of likely N-dealkylation sites (tertiary alicyclic amines) is 1. The number of piperidine rings is 1. The number of hydrogen-bond donors (Lipinski definition) is 1. The van der Waals surface area contributed by atoms with E-state index in [0.717, 1.165) is 63.2 Å². The summed E-state index contributed by atoms with van der Waals surface area (Å²) in [4.78, 5) is 83.0. The Morgan fingerprint density at radius 1 is 0.959 bits per heavy atom. The lowest BCUT2D eigenvalue weighted by Gasteiger charge is -2.36. The maximum atomic E-state index is 14.9. The Labute approximate surface area is 438 Å². The maximum Gasteiger partial charge on any atom is 0.310 e. The first-order valence-corrected chi connectivity index (χ1v) is 27.1. The molecule has 0 saturated carbocycles. The first-order chi connectivity index (χ1) is 35.6. The Morgan fingerprint density at radius 2 is 1.72 bits per heavy atom. The predicted octanol–water partition coefficient (Wildman–Crippen LogP) is 7.74. The van der Waals surface area contributed by atoms with E-state index in [2.05, 4.69) is 72.0 Å². The highest BCUT2D eigenvalue weighted by Crippen LogP contribution is 2.42. The van der Waals surface area contributed by atoms with Gasteiger partial charge in [-0.25, -0.2) is 0 Å². The van der Waals surface area contributed by atoms with Crippen LogP contribution in [0.25, 0.3) is 33.3 Å². The van der Waals surface area contributed by atoms with Crippen LogP contribution in [0.3, 0.4) is 0 Å². The number of nitrogens with one attached hydrogen (secondary N) is 1. The van der Waals surface area contributed by atoms with Gasteiger partial charge in [-0.2, -0.15) is 0 Å². The van der Waals surface area contributed by atoms with Gasteiger partial charge in [-0.3, -0.25) is 33.9 Å². The molecule has 3 fully saturated rings. The lowest BCUT2D eigenvalue weighted by Crippen LogP contribution is -2.58. The van der Waals surface area contributed by atoms with Crippen LogP contribution in [0.5, 0.6) is 0 Å². The Balaban J connectivity index is 0.00000395. The van der Waals surface area contributed by atoms with E-state index in [-0.39, 0.29) is 61.8 Å². The molecule has 4 amide bonds. The summed E-state index contributed by atoms with van der Waals surface area (Å²) < 4.78 is 19.8. The number of aromatic nitrogens is 2. The van der Waals surface area contributed by atoms with Crippen LogP contribution in [-0.4, -0.2) is 151 Å². The van der Waals surface area contributed by atoms with E-state index in [1.165, 1.54) is 4.90 Å². The van der Waals surface area contributed by atoms with Crippen LogP contribution in [0.15, 0.2) is 72.9 Å². The molecular weight excluding hydrogens is 935 g/mol. The summed E-state index contributed by atoms with van der Waals surface area (Å²) in [6.45, 7) is 22.1. The number of hydrogen-bond acceptors (Lipinski definition) is 10. The second-order valence-corrected chi connectivity index (χ2v) is 21.4. The standard InChI is InChI=1S/C57H75N7O8.C2H6/c1-9-64-48-20-19-41-32-45(48)46(52(64)44-17-11-22-58-50(44)38(4)70-8)33-57(5,6)36-72-56(69)43-16-12-24-63(35-43)55(68)47(31-39-14-10-15-40(41)30-39)59-53(66)51(37(2)3)60(7)54(67)42-21-25-62(34-42)49(65)18-13-23-61-26-28-71-29-27-61;1-2/h10-11,13-15,17-20,22,30,32,37-38,42-43,47,51H,9,12,16,21,23-29,31,33-36H2,1-8H3,(H,59,66);1-2H3/b18-13+;. The van der Waals surface area contributed by atoms with Crippen molar-refractivity contribution < 1.29 is 38.2 Å². The highest BCUT2D eigenvalue weighted by molar-refractivity contribution is 5.96. The van der Waals surface area contributed by atoms with Gasteiger partial charge in [0.05, 0.1) is 49.1 Å². The molecule has 4 aliphatic rings. The van der Waals surface area contributed by atoms with Gasteiger partial charge in [0.15, 0.2) is 0 Å². The molecule has 8 rings (SSSR count). The van der Waals surface area contributed by atoms with Crippen molar-refractivity contribution in [2.75, 3.05) is 79.8 Å². The molecule has 1 N–H and O–H groups in total. The minimum absolute atomic E-state index is 0.132. The smallest absolute Gasteiger partial charge is 0.310 e. The second-order valence-electron chi connectivity index (χ2n) is 21.4. The summed E-state index contributed by atoms with van der Waals surface area (Å²) in [6, 6.07) is 16.9. The number of carbonyl (C=O) groups excluding carboxylic acids is 5. The normalized spacial score (nSPS) is 21.4. The number of methoxy groups -OCH3 is 1. The summed E-state index contributed by atoms with van der Waals surface area (Å²) >= 11 is 0. The number of carbonyl (C=O) groups is 5. The number of morpholine rings is 1. The number of cyclic esters (lactones) is 1. The lowest BCUT2D eigenvalue weighted by molar-refractivity contribution is -0.155. The number of fused-ring (bicyclic) bond motifs is 6. The molecule has 400 valence electrons. The predicted molar refractivity (Wildman–Crippen MR) is 289 cm³/mol. The largest absolute Gasteiger partial charge is 0.465 e. The molecule has 4 aliphatic heterocycles. The van der Waals surface area contributed by atoms with E-state index in [0.29, 0.717) is 65.1 Å². The van der Waals surface area contributed by atoms with Crippen molar-refractivity contribution in [3.05, 3.63) is 89.8 Å². The van der Waals surface area contributed by atoms with E-state index in [1.54, 1.807) is 36.2 Å². The third kappa shape index (κ3) is 12.8. The maximum absolute atomic E-state index is 14.9. The zero-order chi connectivity index (χ0) is 53.3. The summed E-state index contributed by atoms with van der Waals surface area (Å²) in [5.41, 5.74) is 7.45. The molecule has 2 aromatic heterocycles. The van der Waals surface area contributed by atoms with E-state index in [4.69, 9.17) is 19.2 Å². The highest BCUT2D eigenvalue weighted by Gasteiger charge is 2.40. The first kappa shape index (κ1) is 55.8. The van der Waals surface area contributed by atoms with Gasteiger partial charge in [0, 0.05) is 107 Å². The monoisotopic (exact) mass is 1020 g/mol. The summed E-state index contributed by atoms with van der Waals surface area (Å²) in [6.07, 6.45) is 7.49. The fraction of sp³-hybridized carbons (Fsp3) is 0.559. The van der Waals surface area contributed by atoms with Gasteiger partial charge in [0.25, 0.3) is 0 Å². The minimum atomic E-state index is -0.993. The molecule has 4 aromatic rings. The Bertz CT molecular complexity index is 2650. The van der Waals surface area contributed by atoms with Gasteiger partial charge in [-0.1, -0.05) is 78.0 Å². The second kappa shape index (κ2) is 25.1. The van der Waals surface area contributed by atoms with Gasteiger partial charge in [-0.05, 0) is 92.0 Å². The number of pyridine rings is 1. The molecule has 2 aromatic carbocycles. The number of benzene rings is 2. The molecule has 6 bridgehead atoms. The number of aryl methyl sites for hydroxylation is 1. The first-order valence-electron chi connectivity index (χ1n) is 27.1. The van der Waals surface area contributed by atoms with Gasteiger partial charge >= 0.3 is 5.97 Å². The van der Waals surface area contributed by atoms with Crippen molar-refractivity contribution in [3.63, 3.8) is 0 Å².